The van der Waals surface area contributed by atoms with Crippen LogP contribution >= 0.6 is 46.6 Å². The normalized spacial score (nSPS) is 10.5. The number of esters is 1. The number of halogens is 3. The Morgan fingerprint density at radius 3 is 2.65 bits per heavy atom. The summed E-state index contributed by atoms with van der Waals surface area (Å²) in [7, 11) is 1.46. The summed E-state index contributed by atoms with van der Waals surface area (Å²) in [6.45, 7) is 2.21. The fourth-order valence-corrected chi connectivity index (χ4v) is 3.28. The Hall–Kier alpha value is -1.41. The van der Waals surface area contributed by atoms with Crippen LogP contribution in [0.15, 0.2) is 17.4 Å². The van der Waals surface area contributed by atoms with Crippen LogP contribution in [0.1, 0.15) is 22.8 Å². The number of hydrogen-bond donors (Lipinski definition) is 1. The second kappa shape index (κ2) is 9.50. The van der Waals surface area contributed by atoms with Crippen LogP contribution in [0.2, 0.25) is 15.1 Å². The van der Waals surface area contributed by atoms with Crippen molar-refractivity contribution in [3.63, 3.8) is 0 Å². The van der Waals surface area contributed by atoms with E-state index in [0.717, 1.165) is 0 Å². The molecule has 1 aromatic carbocycles. The molecule has 1 heterocycles. The predicted octanol–water partition coefficient (Wildman–Crippen LogP) is 4.96. The van der Waals surface area contributed by atoms with Crippen molar-refractivity contribution >= 4 is 58.4 Å². The van der Waals surface area contributed by atoms with Gasteiger partial charge in [-0.3, -0.25) is 0 Å². The molecule has 26 heavy (non-hydrogen) atoms. The summed E-state index contributed by atoms with van der Waals surface area (Å²) in [5.41, 5.74) is 0.855. The standard InChI is InChI=1S/C16H16Cl3N3O3S/c1-4-25-15(23)9-7-21-16(26-3)22-14(9)20-6-8-5-10(17)13(24-2)12(19)11(8)18/h5,7H,4,6H2,1-3H3,(H,20,21,22). The number of aromatic nitrogens is 2. The van der Waals surface area contributed by atoms with Crippen LogP contribution in [0.5, 0.6) is 5.75 Å². The lowest BCUT2D eigenvalue weighted by Crippen LogP contribution is -2.13. The number of methoxy groups -OCH3 is 1. The molecule has 0 fully saturated rings. The van der Waals surface area contributed by atoms with Crippen molar-refractivity contribution in [2.45, 2.75) is 18.6 Å². The van der Waals surface area contributed by atoms with Crippen LogP contribution in [0.25, 0.3) is 0 Å². The summed E-state index contributed by atoms with van der Waals surface area (Å²) in [5.74, 6) is 0.127. The van der Waals surface area contributed by atoms with Gasteiger partial charge in [0.15, 0.2) is 10.9 Å². The molecule has 0 saturated heterocycles. The number of rotatable bonds is 7. The van der Waals surface area contributed by atoms with Gasteiger partial charge in [0.2, 0.25) is 0 Å². The topological polar surface area (TPSA) is 73.3 Å². The Morgan fingerprint density at radius 1 is 1.31 bits per heavy atom. The van der Waals surface area contributed by atoms with Gasteiger partial charge in [-0.2, -0.15) is 0 Å². The molecular formula is C16H16Cl3N3O3S. The molecule has 140 valence electrons. The van der Waals surface area contributed by atoms with E-state index in [1.54, 1.807) is 13.0 Å². The maximum absolute atomic E-state index is 12.1. The van der Waals surface area contributed by atoms with E-state index in [4.69, 9.17) is 44.3 Å². The monoisotopic (exact) mass is 435 g/mol. The third-order valence-corrected chi connectivity index (χ3v) is 5.02. The highest BCUT2D eigenvalue weighted by molar-refractivity contribution is 7.98. The largest absolute Gasteiger partial charge is 0.494 e. The highest BCUT2D eigenvalue weighted by Gasteiger charge is 2.18. The minimum atomic E-state index is -0.514. The molecule has 0 amide bonds. The van der Waals surface area contributed by atoms with Crippen molar-refractivity contribution in [1.29, 1.82) is 0 Å². The fourth-order valence-electron chi connectivity index (χ4n) is 2.08. The quantitative estimate of drug-likeness (QED) is 0.285. The van der Waals surface area contributed by atoms with E-state index in [0.29, 0.717) is 32.3 Å². The zero-order chi connectivity index (χ0) is 19.3. The van der Waals surface area contributed by atoms with Crippen molar-refractivity contribution in [2.24, 2.45) is 0 Å². The molecule has 6 nitrogen and oxygen atoms in total. The lowest BCUT2D eigenvalue weighted by atomic mass is 10.2. The Labute approximate surface area is 170 Å². The molecule has 1 N–H and O–H groups in total. The summed E-state index contributed by atoms with van der Waals surface area (Å²) in [4.78, 5) is 20.5. The van der Waals surface area contributed by atoms with Crippen molar-refractivity contribution in [1.82, 2.24) is 9.97 Å². The van der Waals surface area contributed by atoms with Gasteiger partial charge in [0, 0.05) is 12.7 Å². The smallest absolute Gasteiger partial charge is 0.343 e. The molecule has 0 aliphatic carbocycles. The van der Waals surface area contributed by atoms with Crippen LogP contribution in [-0.4, -0.2) is 35.9 Å². The second-order valence-corrected chi connectivity index (χ2v) is 6.81. The van der Waals surface area contributed by atoms with Gasteiger partial charge in [0.05, 0.1) is 23.8 Å². The van der Waals surface area contributed by atoms with Gasteiger partial charge in [-0.05, 0) is 24.8 Å². The van der Waals surface area contributed by atoms with Crippen LogP contribution in [0.3, 0.4) is 0 Å². The minimum absolute atomic E-state index is 0.219. The molecule has 0 spiro atoms. The summed E-state index contributed by atoms with van der Waals surface area (Å²) >= 11 is 20.0. The maximum Gasteiger partial charge on any atom is 0.343 e. The van der Waals surface area contributed by atoms with Crippen molar-refractivity contribution in [3.8, 4) is 5.75 Å². The molecule has 0 bridgehead atoms. The summed E-state index contributed by atoms with van der Waals surface area (Å²) in [6, 6.07) is 1.64. The molecule has 1 aromatic heterocycles. The van der Waals surface area contributed by atoms with E-state index in [-0.39, 0.29) is 23.7 Å². The maximum atomic E-state index is 12.1. The zero-order valence-electron chi connectivity index (χ0n) is 14.2. The zero-order valence-corrected chi connectivity index (χ0v) is 17.3. The van der Waals surface area contributed by atoms with Gasteiger partial charge in [-0.15, -0.1) is 0 Å². The van der Waals surface area contributed by atoms with E-state index in [1.807, 2.05) is 6.26 Å². The summed E-state index contributed by atoms with van der Waals surface area (Å²) < 4.78 is 10.2. The predicted molar refractivity (Wildman–Crippen MR) is 105 cm³/mol. The molecule has 0 aliphatic heterocycles. The highest BCUT2D eigenvalue weighted by atomic mass is 35.5. The van der Waals surface area contributed by atoms with E-state index < -0.39 is 5.97 Å². The number of carbonyl (C=O) groups excluding carboxylic acids is 1. The first-order valence-corrected chi connectivity index (χ1v) is 9.81. The third-order valence-electron chi connectivity index (χ3n) is 3.29. The Bertz CT molecular complexity index is 821. The average molecular weight is 437 g/mol. The summed E-state index contributed by atoms with van der Waals surface area (Å²) in [5, 5.41) is 4.43. The first-order chi connectivity index (χ1) is 12.4. The van der Waals surface area contributed by atoms with Crippen LogP contribution in [0.4, 0.5) is 5.82 Å². The van der Waals surface area contributed by atoms with Crippen molar-refractivity contribution in [2.75, 3.05) is 25.3 Å². The van der Waals surface area contributed by atoms with Crippen LogP contribution < -0.4 is 10.1 Å². The first-order valence-electron chi connectivity index (χ1n) is 7.45. The van der Waals surface area contributed by atoms with Gasteiger partial charge in [-0.1, -0.05) is 46.6 Å². The second-order valence-electron chi connectivity index (χ2n) is 4.87. The molecule has 0 aliphatic rings. The minimum Gasteiger partial charge on any atom is -0.494 e. The first kappa shape index (κ1) is 20.9. The number of ether oxygens (including phenoxy) is 2. The highest BCUT2D eigenvalue weighted by Crippen LogP contribution is 2.40. The third kappa shape index (κ3) is 4.65. The SMILES string of the molecule is CCOC(=O)c1cnc(SC)nc1NCc1cc(Cl)c(OC)c(Cl)c1Cl. The molecule has 10 heteroatoms. The Morgan fingerprint density at radius 2 is 2.04 bits per heavy atom. The van der Waals surface area contributed by atoms with Gasteiger partial charge < -0.3 is 14.8 Å². The van der Waals surface area contributed by atoms with Gasteiger partial charge in [-0.25, -0.2) is 14.8 Å². The van der Waals surface area contributed by atoms with Crippen LogP contribution in [0, 0.1) is 0 Å². The van der Waals surface area contributed by atoms with E-state index >= 15 is 0 Å². The number of anilines is 1. The van der Waals surface area contributed by atoms with Gasteiger partial charge >= 0.3 is 5.97 Å². The summed E-state index contributed by atoms with van der Waals surface area (Å²) in [6.07, 6.45) is 3.26. The Balaban J connectivity index is 2.33. The number of nitrogens with zero attached hydrogens (tertiary/aromatic N) is 2. The lowest BCUT2D eigenvalue weighted by Gasteiger charge is -2.14. The molecule has 0 radical (unpaired) electrons. The van der Waals surface area contributed by atoms with Crippen molar-refractivity contribution < 1.29 is 14.3 Å². The average Bonchev–Trinajstić information content (AvgIpc) is 2.63. The number of thioether (sulfide) groups is 1. The number of nitrogens with one attached hydrogen (secondary N) is 1. The van der Waals surface area contributed by atoms with E-state index in [9.17, 15) is 4.79 Å². The van der Waals surface area contributed by atoms with Gasteiger partial charge in [0.1, 0.15) is 16.4 Å². The molecule has 2 rings (SSSR count). The molecule has 0 saturated carbocycles. The lowest BCUT2D eigenvalue weighted by molar-refractivity contribution is 0.0526. The Kier molecular flexibility index (Phi) is 7.64. The molecule has 0 unspecified atom stereocenters. The molecular weight excluding hydrogens is 421 g/mol. The van der Waals surface area contributed by atoms with E-state index in [1.165, 1.54) is 25.1 Å². The van der Waals surface area contributed by atoms with Gasteiger partial charge in [0.25, 0.3) is 0 Å². The number of hydrogen-bond acceptors (Lipinski definition) is 7. The fraction of sp³-hybridized carbons (Fsp3) is 0.312. The van der Waals surface area contributed by atoms with Crippen LogP contribution in [-0.2, 0) is 11.3 Å². The van der Waals surface area contributed by atoms with E-state index in [2.05, 4.69) is 15.3 Å². The molecule has 2 aromatic rings. The number of benzene rings is 1. The van der Waals surface area contributed by atoms with Crippen molar-refractivity contribution in [3.05, 3.63) is 38.5 Å². The molecule has 0 atom stereocenters. The number of carbonyl (C=O) groups is 1.